The normalized spacial score (nSPS) is 21.2. The van der Waals surface area contributed by atoms with Gasteiger partial charge in [0, 0.05) is 29.1 Å². The predicted octanol–water partition coefficient (Wildman–Crippen LogP) is 3.46. The van der Waals surface area contributed by atoms with Gasteiger partial charge in [0.25, 0.3) is 0 Å². The van der Waals surface area contributed by atoms with E-state index < -0.39 is 0 Å². The summed E-state index contributed by atoms with van der Waals surface area (Å²) in [5.41, 5.74) is 2.50. The average Bonchev–Trinajstić information content (AvgIpc) is 2.28. The molecule has 1 atom stereocenters. The van der Waals surface area contributed by atoms with Crippen LogP contribution in [0.4, 0.5) is 5.69 Å². The molecule has 4 heteroatoms. The van der Waals surface area contributed by atoms with Crippen molar-refractivity contribution in [3.63, 3.8) is 0 Å². The van der Waals surface area contributed by atoms with Gasteiger partial charge in [-0.1, -0.05) is 27.5 Å². The number of halogens is 2. The van der Waals surface area contributed by atoms with E-state index in [9.17, 15) is 0 Å². The van der Waals surface area contributed by atoms with Gasteiger partial charge in [-0.2, -0.15) is 0 Å². The molecule has 0 saturated carbocycles. The van der Waals surface area contributed by atoms with Crippen molar-refractivity contribution < 1.29 is 4.74 Å². The van der Waals surface area contributed by atoms with E-state index in [0.717, 1.165) is 30.0 Å². The SMILES string of the molecule is CC1CN(c2ccc(Cl)cc2CBr)CCO1. The van der Waals surface area contributed by atoms with Crippen LogP contribution in [0.2, 0.25) is 5.02 Å². The lowest BCUT2D eigenvalue weighted by molar-refractivity contribution is 0.0532. The van der Waals surface area contributed by atoms with Gasteiger partial charge in [-0.15, -0.1) is 0 Å². The fraction of sp³-hybridized carbons (Fsp3) is 0.500. The Labute approximate surface area is 110 Å². The van der Waals surface area contributed by atoms with Crippen LogP contribution in [0.5, 0.6) is 0 Å². The number of nitrogens with zero attached hydrogens (tertiary/aromatic N) is 1. The number of benzene rings is 1. The molecule has 0 aliphatic carbocycles. The predicted molar refractivity (Wildman–Crippen MR) is 71.7 cm³/mol. The van der Waals surface area contributed by atoms with Crippen molar-refractivity contribution in [1.82, 2.24) is 0 Å². The second-order valence-electron chi connectivity index (χ2n) is 4.03. The van der Waals surface area contributed by atoms with Crippen molar-refractivity contribution in [1.29, 1.82) is 0 Å². The van der Waals surface area contributed by atoms with Gasteiger partial charge in [0.05, 0.1) is 12.7 Å². The minimum atomic E-state index is 0.299. The van der Waals surface area contributed by atoms with Crippen LogP contribution in [0.25, 0.3) is 0 Å². The van der Waals surface area contributed by atoms with Gasteiger partial charge in [0.15, 0.2) is 0 Å². The molecule has 1 aliphatic heterocycles. The zero-order valence-corrected chi connectivity index (χ0v) is 11.6. The first-order valence-corrected chi connectivity index (χ1v) is 6.91. The van der Waals surface area contributed by atoms with E-state index in [1.165, 1.54) is 11.3 Å². The van der Waals surface area contributed by atoms with Gasteiger partial charge in [-0.3, -0.25) is 0 Å². The first kappa shape index (κ1) is 12.2. The smallest absolute Gasteiger partial charge is 0.0722 e. The molecule has 2 nitrogen and oxygen atoms in total. The van der Waals surface area contributed by atoms with Crippen LogP contribution in [0.3, 0.4) is 0 Å². The molecule has 2 rings (SSSR count). The molecule has 1 saturated heterocycles. The Balaban J connectivity index is 2.24. The summed E-state index contributed by atoms with van der Waals surface area (Å²) in [5.74, 6) is 0. The summed E-state index contributed by atoms with van der Waals surface area (Å²) in [5, 5.41) is 1.62. The van der Waals surface area contributed by atoms with E-state index >= 15 is 0 Å². The Morgan fingerprint density at radius 2 is 2.38 bits per heavy atom. The molecule has 0 bridgehead atoms. The highest BCUT2D eigenvalue weighted by Gasteiger charge is 2.18. The topological polar surface area (TPSA) is 12.5 Å². The highest BCUT2D eigenvalue weighted by atomic mass is 79.9. The highest BCUT2D eigenvalue weighted by molar-refractivity contribution is 9.08. The van der Waals surface area contributed by atoms with Gasteiger partial charge in [0.1, 0.15) is 0 Å². The van der Waals surface area contributed by atoms with E-state index in [-0.39, 0.29) is 0 Å². The largest absolute Gasteiger partial charge is 0.375 e. The number of rotatable bonds is 2. The van der Waals surface area contributed by atoms with Crippen LogP contribution in [0, 0.1) is 0 Å². The molecule has 0 radical (unpaired) electrons. The summed E-state index contributed by atoms with van der Waals surface area (Å²) in [6.45, 7) is 4.80. The molecule has 1 unspecified atom stereocenters. The molecule has 1 aromatic carbocycles. The fourth-order valence-electron chi connectivity index (χ4n) is 2.01. The van der Waals surface area contributed by atoms with Crippen molar-refractivity contribution in [2.24, 2.45) is 0 Å². The van der Waals surface area contributed by atoms with Crippen LogP contribution in [0.1, 0.15) is 12.5 Å². The third kappa shape index (κ3) is 2.70. The minimum absolute atomic E-state index is 0.299. The van der Waals surface area contributed by atoms with Crippen LogP contribution in [0.15, 0.2) is 18.2 Å². The molecule has 0 amide bonds. The van der Waals surface area contributed by atoms with E-state index in [0.29, 0.717) is 6.10 Å². The van der Waals surface area contributed by atoms with Crippen molar-refractivity contribution >= 4 is 33.2 Å². The van der Waals surface area contributed by atoms with Crippen LogP contribution >= 0.6 is 27.5 Å². The molecule has 1 fully saturated rings. The molecule has 1 aliphatic rings. The number of ether oxygens (including phenoxy) is 1. The monoisotopic (exact) mass is 303 g/mol. The Bertz CT molecular complexity index is 372. The molecule has 1 aromatic rings. The molecule has 1 heterocycles. The molecule has 0 N–H and O–H groups in total. The second kappa shape index (κ2) is 5.39. The van der Waals surface area contributed by atoms with Crippen LogP contribution < -0.4 is 4.90 Å². The van der Waals surface area contributed by atoms with E-state index in [4.69, 9.17) is 16.3 Å². The Morgan fingerprint density at radius 1 is 1.56 bits per heavy atom. The van der Waals surface area contributed by atoms with Crippen molar-refractivity contribution in [3.05, 3.63) is 28.8 Å². The van der Waals surface area contributed by atoms with Crippen molar-refractivity contribution in [2.75, 3.05) is 24.6 Å². The minimum Gasteiger partial charge on any atom is -0.375 e. The summed E-state index contributed by atoms with van der Waals surface area (Å²) in [6, 6.07) is 6.06. The molecular formula is C12H15BrClNO. The second-order valence-corrected chi connectivity index (χ2v) is 5.03. The fourth-order valence-corrected chi connectivity index (χ4v) is 2.65. The first-order valence-electron chi connectivity index (χ1n) is 5.41. The summed E-state index contributed by atoms with van der Waals surface area (Å²) in [4.78, 5) is 2.36. The van der Waals surface area contributed by atoms with Crippen LogP contribution in [-0.4, -0.2) is 25.8 Å². The Morgan fingerprint density at radius 3 is 3.06 bits per heavy atom. The van der Waals surface area contributed by atoms with E-state index in [1.54, 1.807) is 0 Å². The van der Waals surface area contributed by atoms with Gasteiger partial charge in [-0.25, -0.2) is 0 Å². The Hall–Kier alpha value is -0.250. The number of anilines is 1. The Kier molecular flexibility index (Phi) is 4.11. The molecule has 16 heavy (non-hydrogen) atoms. The van der Waals surface area contributed by atoms with Gasteiger partial charge in [0.2, 0.25) is 0 Å². The number of hydrogen-bond acceptors (Lipinski definition) is 2. The average molecular weight is 305 g/mol. The molecule has 88 valence electrons. The summed E-state index contributed by atoms with van der Waals surface area (Å²) in [7, 11) is 0. The van der Waals surface area contributed by atoms with Crippen molar-refractivity contribution in [2.45, 2.75) is 18.4 Å². The number of morpholine rings is 1. The molecular weight excluding hydrogens is 289 g/mol. The van der Waals surface area contributed by atoms with Gasteiger partial charge >= 0.3 is 0 Å². The molecule has 0 spiro atoms. The lowest BCUT2D eigenvalue weighted by atomic mass is 10.1. The maximum absolute atomic E-state index is 6.00. The van der Waals surface area contributed by atoms with Gasteiger partial charge in [-0.05, 0) is 30.7 Å². The zero-order chi connectivity index (χ0) is 11.5. The van der Waals surface area contributed by atoms with E-state index in [1.807, 2.05) is 12.1 Å². The number of hydrogen-bond donors (Lipinski definition) is 0. The first-order chi connectivity index (χ1) is 7.70. The van der Waals surface area contributed by atoms with Gasteiger partial charge < -0.3 is 9.64 Å². The summed E-state index contributed by atoms with van der Waals surface area (Å²) < 4.78 is 5.55. The summed E-state index contributed by atoms with van der Waals surface area (Å²) >= 11 is 9.51. The number of alkyl halides is 1. The maximum Gasteiger partial charge on any atom is 0.0722 e. The summed E-state index contributed by atoms with van der Waals surface area (Å²) in [6.07, 6.45) is 0.299. The molecule has 0 aromatic heterocycles. The quantitative estimate of drug-likeness (QED) is 0.776. The lowest BCUT2D eigenvalue weighted by Gasteiger charge is -2.34. The third-order valence-electron chi connectivity index (χ3n) is 2.77. The highest BCUT2D eigenvalue weighted by Crippen LogP contribution is 2.27. The van der Waals surface area contributed by atoms with Crippen molar-refractivity contribution in [3.8, 4) is 0 Å². The maximum atomic E-state index is 6.00. The zero-order valence-electron chi connectivity index (χ0n) is 9.25. The van der Waals surface area contributed by atoms with Crippen LogP contribution in [-0.2, 0) is 10.1 Å². The standard InChI is InChI=1S/C12H15BrClNO/c1-9-8-15(4-5-16-9)12-3-2-11(14)6-10(12)7-13/h2-3,6,9H,4-5,7-8H2,1H3. The lowest BCUT2D eigenvalue weighted by Crippen LogP contribution is -2.41. The van der Waals surface area contributed by atoms with E-state index in [2.05, 4.69) is 33.8 Å². The third-order valence-corrected chi connectivity index (χ3v) is 3.61.